The first-order valence-corrected chi connectivity index (χ1v) is 13.9. The third-order valence-corrected chi connectivity index (χ3v) is 8.97. The number of anilines is 1. The zero-order valence-corrected chi connectivity index (χ0v) is 21.4. The molecular formula is C22H27BN2O6S3. The Balaban J connectivity index is 1.90. The highest BCUT2D eigenvalue weighted by atomic mass is 32.2. The molecule has 3 rings (SSSR count). The van der Waals surface area contributed by atoms with E-state index in [4.69, 9.17) is 0 Å². The van der Waals surface area contributed by atoms with Crippen LogP contribution in [0.4, 0.5) is 5.69 Å². The molecule has 0 aliphatic heterocycles. The van der Waals surface area contributed by atoms with Crippen LogP contribution in [-0.4, -0.2) is 47.8 Å². The van der Waals surface area contributed by atoms with Crippen molar-refractivity contribution >= 4 is 62.6 Å². The van der Waals surface area contributed by atoms with Gasteiger partial charge in [-0.1, -0.05) is 44.2 Å². The number of hydrogen-bond donors (Lipinski definition) is 5. The van der Waals surface area contributed by atoms with Gasteiger partial charge in [-0.25, -0.2) is 8.42 Å². The van der Waals surface area contributed by atoms with Gasteiger partial charge in [-0.05, 0) is 36.8 Å². The van der Waals surface area contributed by atoms with E-state index in [-0.39, 0.29) is 21.6 Å². The molecule has 1 amide bonds. The maximum Gasteiger partial charge on any atom is 0.475 e. The van der Waals surface area contributed by atoms with E-state index < -0.39 is 34.2 Å². The van der Waals surface area contributed by atoms with Crippen LogP contribution in [0.3, 0.4) is 0 Å². The van der Waals surface area contributed by atoms with E-state index in [2.05, 4.69) is 10.0 Å². The lowest BCUT2D eigenvalue weighted by molar-refractivity contribution is -0.120. The van der Waals surface area contributed by atoms with Crippen molar-refractivity contribution in [2.45, 2.75) is 47.5 Å². The minimum absolute atomic E-state index is 0.0692. The number of thioether (sulfide) groups is 1. The molecular weight excluding hydrogens is 495 g/mol. The van der Waals surface area contributed by atoms with Gasteiger partial charge in [0, 0.05) is 10.8 Å². The number of carbonyl (C=O) groups excluding carboxylic acids is 1. The molecule has 1 unspecified atom stereocenters. The average Bonchev–Trinajstić information content (AvgIpc) is 3.32. The van der Waals surface area contributed by atoms with Crippen molar-refractivity contribution in [2.24, 2.45) is 5.92 Å². The van der Waals surface area contributed by atoms with Crippen LogP contribution in [0.15, 0.2) is 56.9 Å². The largest absolute Gasteiger partial charge is 0.506 e. The Hall–Kier alpha value is -2.25. The quantitative estimate of drug-likeness (QED) is 0.156. The Bertz CT molecular complexity index is 1250. The van der Waals surface area contributed by atoms with Gasteiger partial charge in [-0.2, -0.15) is 0 Å². The van der Waals surface area contributed by atoms with E-state index in [1.54, 1.807) is 42.6 Å². The zero-order valence-electron chi connectivity index (χ0n) is 18.9. The van der Waals surface area contributed by atoms with Crippen molar-refractivity contribution in [1.82, 2.24) is 5.32 Å². The SMILES string of the molecule is CC(C)C[C@H](NC(=O)C(C)Sc1cc(NS(=O)(=O)c2cccs2)c2ccccc2c1O)B(O)O. The van der Waals surface area contributed by atoms with E-state index in [1.165, 1.54) is 12.1 Å². The molecule has 182 valence electrons. The molecule has 0 aliphatic carbocycles. The van der Waals surface area contributed by atoms with E-state index in [0.717, 1.165) is 23.1 Å². The summed E-state index contributed by atoms with van der Waals surface area (Å²) in [6, 6.07) is 11.5. The first kappa shape index (κ1) is 26.4. The monoisotopic (exact) mass is 522 g/mol. The van der Waals surface area contributed by atoms with Crippen molar-refractivity contribution in [1.29, 1.82) is 0 Å². The van der Waals surface area contributed by atoms with Crippen molar-refractivity contribution < 1.29 is 28.4 Å². The summed E-state index contributed by atoms with van der Waals surface area (Å²) in [7, 11) is -5.53. The number of amides is 1. The molecule has 8 nitrogen and oxygen atoms in total. The van der Waals surface area contributed by atoms with Gasteiger partial charge >= 0.3 is 7.12 Å². The number of rotatable bonds is 10. The summed E-state index contributed by atoms with van der Waals surface area (Å²) < 4.78 is 28.4. The van der Waals surface area contributed by atoms with Gasteiger partial charge in [0.15, 0.2) is 0 Å². The minimum atomic E-state index is -3.83. The summed E-state index contributed by atoms with van der Waals surface area (Å²) in [5.41, 5.74) is 0.278. The number of benzene rings is 2. The molecule has 2 aromatic carbocycles. The van der Waals surface area contributed by atoms with E-state index >= 15 is 0 Å². The Morgan fingerprint density at radius 2 is 1.79 bits per heavy atom. The predicted octanol–water partition coefficient (Wildman–Crippen LogP) is 3.43. The molecule has 1 aromatic heterocycles. The van der Waals surface area contributed by atoms with Crippen LogP contribution in [0.1, 0.15) is 27.2 Å². The molecule has 0 radical (unpaired) electrons. The molecule has 0 saturated carbocycles. The number of phenols is 1. The zero-order chi connectivity index (χ0) is 25.0. The van der Waals surface area contributed by atoms with Crippen LogP contribution >= 0.6 is 23.1 Å². The number of carbonyl (C=O) groups is 1. The van der Waals surface area contributed by atoms with Crippen molar-refractivity contribution in [2.75, 3.05) is 4.72 Å². The van der Waals surface area contributed by atoms with E-state index in [9.17, 15) is 28.4 Å². The molecule has 5 N–H and O–H groups in total. The van der Waals surface area contributed by atoms with Crippen LogP contribution in [-0.2, 0) is 14.8 Å². The topological polar surface area (TPSA) is 136 Å². The Labute approximate surface area is 207 Å². The molecule has 3 aromatic rings. The number of sulfonamides is 1. The summed E-state index contributed by atoms with van der Waals surface area (Å²) >= 11 is 2.14. The molecule has 0 bridgehead atoms. The van der Waals surface area contributed by atoms with Gasteiger partial charge in [-0.15, -0.1) is 23.1 Å². The molecule has 12 heteroatoms. The highest BCUT2D eigenvalue weighted by Crippen LogP contribution is 2.42. The maximum atomic E-state index is 12.8. The summed E-state index contributed by atoms with van der Waals surface area (Å²) in [6.07, 6.45) is 0.386. The lowest BCUT2D eigenvalue weighted by Crippen LogP contribution is -2.49. The molecule has 2 atom stereocenters. The van der Waals surface area contributed by atoms with Gasteiger partial charge < -0.3 is 20.5 Å². The maximum absolute atomic E-state index is 12.8. The van der Waals surface area contributed by atoms with Crippen LogP contribution in [0.25, 0.3) is 10.8 Å². The molecule has 34 heavy (non-hydrogen) atoms. The fourth-order valence-corrected chi connectivity index (χ4v) is 6.45. The Morgan fingerprint density at radius 3 is 2.38 bits per heavy atom. The number of thiophene rings is 1. The minimum Gasteiger partial charge on any atom is -0.506 e. The smallest absolute Gasteiger partial charge is 0.475 e. The van der Waals surface area contributed by atoms with Crippen LogP contribution in [0, 0.1) is 5.92 Å². The fourth-order valence-electron chi connectivity index (χ4n) is 3.43. The number of phenolic OH excluding ortho intramolecular Hbond substituents is 1. The van der Waals surface area contributed by atoms with Crippen molar-refractivity contribution in [3.05, 3.63) is 47.8 Å². The number of aromatic hydroxyl groups is 1. The summed E-state index contributed by atoms with van der Waals surface area (Å²) in [5, 5.41) is 34.6. The summed E-state index contributed by atoms with van der Waals surface area (Å²) in [4.78, 5) is 13.1. The highest BCUT2D eigenvalue weighted by Gasteiger charge is 2.29. The molecule has 1 heterocycles. The van der Waals surface area contributed by atoms with E-state index in [0.29, 0.717) is 22.1 Å². The second kappa shape index (κ2) is 11.0. The number of fused-ring (bicyclic) bond motifs is 1. The lowest BCUT2D eigenvalue weighted by Gasteiger charge is -2.22. The average molecular weight is 522 g/mol. The van der Waals surface area contributed by atoms with Crippen LogP contribution < -0.4 is 10.0 Å². The second-order valence-electron chi connectivity index (χ2n) is 8.27. The molecule has 0 saturated heterocycles. The number of hydrogen-bond acceptors (Lipinski definition) is 8. The van der Waals surface area contributed by atoms with Crippen molar-refractivity contribution in [3.8, 4) is 5.75 Å². The normalized spacial score (nSPS) is 13.6. The summed E-state index contributed by atoms with van der Waals surface area (Å²) in [6.45, 7) is 5.44. The fraction of sp³-hybridized carbons (Fsp3) is 0.318. The third-order valence-electron chi connectivity index (χ3n) is 5.07. The van der Waals surface area contributed by atoms with E-state index in [1.807, 2.05) is 13.8 Å². The Kier molecular flexibility index (Phi) is 8.53. The first-order valence-electron chi connectivity index (χ1n) is 10.6. The van der Waals surface area contributed by atoms with Crippen LogP contribution in [0.5, 0.6) is 5.75 Å². The van der Waals surface area contributed by atoms with Gasteiger partial charge in [0.05, 0.1) is 21.8 Å². The van der Waals surface area contributed by atoms with Crippen LogP contribution in [0.2, 0.25) is 0 Å². The molecule has 0 aliphatic rings. The summed E-state index contributed by atoms with van der Waals surface area (Å²) in [5.74, 6) is -1.19. The predicted molar refractivity (Wildman–Crippen MR) is 138 cm³/mol. The van der Waals surface area contributed by atoms with Gasteiger partial charge in [0.25, 0.3) is 10.0 Å². The second-order valence-corrected chi connectivity index (χ2v) is 12.5. The van der Waals surface area contributed by atoms with Crippen molar-refractivity contribution in [3.63, 3.8) is 0 Å². The first-order chi connectivity index (χ1) is 16.0. The molecule has 0 fully saturated rings. The van der Waals surface area contributed by atoms with Gasteiger partial charge in [-0.3, -0.25) is 9.52 Å². The molecule has 0 spiro atoms. The highest BCUT2D eigenvalue weighted by molar-refractivity contribution is 8.00. The lowest BCUT2D eigenvalue weighted by atomic mass is 9.75. The number of nitrogens with one attached hydrogen (secondary N) is 2. The standard InChI is InChI=1S/C22H27BN2O6S3/c1-13(2)11-19(23(28)29)24-22(27)14(3)33-18-12-17(15-7-4-5-8-16(15)21(18)26)25-34(30,31)20-9-6-10-32-20/h4-10,12-14,19,25-26,28-29H,11H2,1-3H3,(H,24,27)/t14?,19-/m0/s1. The third kappa shape index (κ3) is 6.25. The van der Waals surface area contributed by atoms with Gasteiger partial charge in [0.1, 0.15) is 9.96 Å². The Morgan fingerprint density at radius 1 is 1.12 bits per heavy atom. The van der Waals surface area contributed by atoms with Gasteiger partial charge in [0.2, 0.25) is 5.91 Å².